The molecular weight excluding hydrogens is 464 g/mol. The first-order valence-electron chi connectivity index (χ1n) is 12.6. The summed E-state index contributed by atoms with van der Waals surface area (Å²) in [6, 6.07) is 15.4. The Morgan fingerprint density at radius 3 is 2.70 bits per heavy atom. The normalized spacial score (nSPS) is 18.2. The number of rotatable bonds is 7. The number of aromatic nitrogens is 2. The largest absolute Gasteiger partial charge is 0.472 e. The van der Waals surface area contributed by atoms with Crippen LogP contribution in [0.1, 0.15) is 40.9 Å². The van der Waals surface area contributed by atoms with Gasteiger partial charge in [0.05, 0.1) is 12.6 Å². The molecule has 4 rings (SSSR count). The third-order valence-electron chi connectivity index (χ3n) is 6.56. The summed E-state index contributed by atoms with van der Waals surface area (Å²) >= 11 is 0. The van der Waals surface area contributed by atoms with E-state index in [0.29, 0.717) is 36.5 Å². The molecular formula is C30H34N4O3. The van der Waals surface area contributed by atoms with Gasteiger partial charge < -0.3 is 14.7 Å². The van der Waals surface area contributed by atoms with Gasteiger partial charge in [0.2, 0.25) is 5.88 Å². The first kappa shape index (κ1) is 26.3. The number of amides is 1. The highest BCUT2D eigenvalue weighted by molar-refractivity contribution is 5.97. The monoisotopic (exact) mass is 498 g/mol. The molecule has 1 N–H and O–H groups in total. The average molecular weight is 499 g/mol. The molecule has 0 unspecified atom stereocenters. The molecule has 1 aliphatic heterocycles. The number of aliphatic hydroxyl groups excluding tert-OH is 1. The van der Waals surface area contributed by atoms with Crippen molar-refractivity contribution in [3.05, 3.63) is 89.4 Å². The van der Waals surface area contributed by atoms with Crippen LogP contribution in [0.4, 0.5) is 0 Å². The van der Waals surface area contributed by atoms with E-state index in [1.807, 2.05) is 62.6 Å². The summed E-state index contributed by atoms with van der Waals surface area (Å²) in [7, 11) is 2.04. The van der Waals surface area contributed by atoms with Crippen LogP contribution in [0.3, 0.4) is 0 Å². The molecule has 1 aromatic carbocycles. The molecule has 0 aliphatic carbocycles. The van der Waals surface area contributed by atoms with Crippen LogP contribution in [-0.2, 0) is 13.0 Å². The van der Waals surface area contributed by atoms with Crippen molar-refractivity contribution in [1.82, 2.24) is 19.8 Å². The van der Waals surface area contributed by atoms with Crippen molar-refractivity contribution in [2.45, 2.75) is 39.0 Å². The van der Waals surface area contributed by atoms with Crippen LogP contribution < -0.4 is 4.74 Å². The van der Waals surface area contributed by atoms with Crippen molar-refractivity contribution in [3.8, 4) is 17.7 Å². The molecule has 3 heterocycles. The molecule has 1 amide bonds. The Balaban J connectivity index is 1.59. The number of hydrogen-bond donors (Lipinski definition) is 1. The zero-order valence-corrected chi connectivity index (χ0v) is 21.7. The predicted octanol–water partition coefficient (Wildman–Crippen LogP) is 3.42. The summed E-state index contributed by atoms with van der Waals surface area (Å²) in [4.78, 5) is 26.2. The second kappa shape index (κ2) is 12.5. The Morgan fingerprint density at radius 2 is 1.97 bits per heavy atom. The summed E-state index contributed by atoms with van der Waals surface area (Å²) in [6.07, 6.45) is 5.69. The number of pyridine rings is 2. The summed E-state index contributed by atoms with van der Waals surface area (Å²) in [5, 5.41) is 9.88. The first-order valence-corrected chi connectivity index (χ1v) is 12.6. The number of fused-ring (bicyclic) bond motifs is 1. The fourth-order valence-corrected chi connectivity index (χ4v) is 4.41. The van der Waals surface area contributed by atoms with Crippen molar-refractivity contribution < 1.29 is 14.6 Å². The highest BCUT2D eigenvalue weighted by Gasteiger charge is 2.34. The van der Waals surface area contributed by atoms with E-state index >= 15 is 0 Å². The molecule has 0 bridgehead atoms. The number of ether oxygens (including phenoxy) is 1. The van der Waals surface area contributed by atoms with Gasteiger partial charge in [-0.15, -0.1) is 0 Å². The van der Waals surface area contributed by atoms with Gasteiger partial charge in [0.15, 0.2) is 0 Å². The van der Waals surface area contributed by atoms with E-state index in [-0.39, 0.29) is 30.6 Å². The first-order chi connectivity index (χ1) is 17.9. The minimum atomic E-state index is -0.331. The number of benzene rings is 1. The Bertz CT molecular complexity index is 1240. The molecule has 2 aromatic heterocycles. The maximum absolute atomic E-state index is 13.6. The number of aliphatic hydroxyl groups is 1. The maximum Gasteiger partial charge on any atom is 0.259 e. The third-order valence-corrected chi connectivity index (χ3v) is 6.56. The van der Waals surface area contributed by atoms with E-state index in [4.69, 9.17) is 4.74 Å². The molecule has 192 valence electrons. The van der Waals surface area contributed by atoms with Gasteiger partial charge in [-0.25, -0.2) is 4.98 Å². The van der Waals surface area contributed by atoms with Crippen LogP contribution in [0.25, 0.3) is 0 Å². The average Bonchev–Trinajstić information content (AvgIpc) is 2.91. The fourth-order valence-electron chi connectivity index (χ4n) is 4.41. The van der Waals surface area contributed by atoms with Gasteiger partial charge in [-0.2, -0.15) is 0 Å². The molecule has 0 radical (unpaired) electrons. The number of likely N-dealkylation sites (N-methyl/N-ethyl adjacent to an activating group) is 1. The van der Waals surface area contributed by atoms with E-state index < -0.39 is 0 Å². The molecule has 0 fully saturated rings. The SMILES string of the molecule is C[C@H](CO)N1C[C@H](C)[C@@H](CN(C)Cc2cccnc2)Oc2ncc(C#CCc3ccccc3)cc2C1=O. The van der Waals surface area contributed by atoms with Crippen molar-refractivity contribution in [2.75, 3.05) is 26.7 Å². The lowest BCUT2D eigenvalue weighted by atomic mass is 9.99. The molecule has 7 nitrogen and oxygen atoms in total. The van der Waals surface area contributed by atoms with Crippen LogP contribution in [-0.4, -0.2) is 69.7 Å². The third kappa shape index (κ3) is 6.94. The Kier molecular flexibility index (Phi) is 8.89. The lowest BCUT2D eigenvalue weighted by molar-refractivity contribution is 0.0325. The summed E-state index contributed by atoms with van der Waals surface area (Å²) in [5.41, 5.74) is 3.27. The molecule has 0 saturated carbocycles. The van der Waals surface area contributed by atoms with E-state index in [9.17, 15) is 9.90 Å². The molecule has 3 atom stereocenters. The van der Waals surface area contributed by atoms with Gasteiger partial charge in [0.25, 0.3) is 5.91 Å². The van der Waals surface area contributed by atoms with Crippen LogP contribution >= 0.6 is 0 Å². The predicted molar refractivity (Wildman–Crippen MR) is 143 cm³/mol. The zero-order chi connectivity index (χ0) is 26.2. The molecule has 37 heavy (non-hydrogen) atoms. The lowest BCUT2D eigenvalue weighted by Gasteiger charge is -2.37. The quantitative estimate of drug-likeness (QED) is 0.503. The van der Waals surface area contributed by atoms with Gasteiger partial charge in [0, 0.05) is 56.1 Å². The molecule has 0 spiro atoms. The Morgan fingerprint density at radius 1 is 1.19 bits per heavy atom. The number of nitrogens with zero attached hydrogens (tertiary/aromatic N) is 4. The molecule has 7 heteroatoms. The van der Waals surface area contributed by atoms with Crippen LogP contribution in [0.2, 0.25) is 0 Å². The summed E-state index contributed by atoms with van der Waals surface area (Å²) in [6.45, 7) is 5.64. The minimum absolute atomic E-state index is 0.0228. The van der Waals surface area contributed by atoms with Crippen LogP contribution in [0.15, 0.2) is 67.1 Å². The van der Waals surface area contributed by atoms with Crippen molar-refractivity contribution in [1.29, 1.82) is 0 Å². The van der Waals surface area contributed by atoms with E-state index in [1.54, 1.807) is 23.4 Å². The Hall–Kier alpha value is -3.73. The maximum atomic E-state index is 13.6. The van der Waals surface area contributed by atoms with Gasteiger partial charge in [0.1, 0.15) is 11.7 Å². The van der Waals surface area contributed by atoms with E-state index in [1.165, 1.54) is 0 Å². The van der Waals surface area contributed by atoms with Gasteiger partial charge >= 0.3 is 0 Å². The van der Waals surface area contributed by atoms with Crippen molar-refractivity contribution in [2.24, 2.45) is 5.92 Å². The smallest absolute Gasteiger partial charge is 0.259 e. The van der Waals surface area contributed by atoms with E-state index in [2.05, 4.69) is 33.6 Å². The molecule has 3 aromatic rings. The molecule has 0 saturated heterocycles. The number of carbonyl (C=O) groups is 1. The topological polar surface area (TPSA) is 78.8 Å². The Labute approximate surface area is 219 Å². The minimum Gasteiger partial charge on any atom is -0.472 e. The number of carbonyl (C=O) groups excluding carboxylic acids is 1. The highest BCUT2D eigenvalue weighted by Crippen LogP contribution is 2.27. The second-order valence-electron chi connectivity index (χ2n) is 9.72. The lowest BCUT2D eigenvalue weighted by Crippen LogP contribution is -2.49. The summed E-state index contributed by atoms with van der Waals surface area (Å²) in [5.74, 6) is 6.43. The van der Waals surface area contributed by atoms with Gasteiger partial charge in [-0.1, -0.05) is 55.2 Å². The van der Waals surface area contributed by atoms with Crippen molar-refractivity contribution >= 4 is 5.91 Å². The van der Waals surface area contributed by atoms with Gasteiger partial charge in [-0.3, -0.25) is 14.7 Å². The fraction of sp³-hybridized carbons (Fsp3) is 0.367. The van der Waals surface area contributed by atoms with Crippen LogP contribution in [0, 0.1) is 17.8 Å². The van der Waals surface area contributed by atoms with Crippen LogP contribution in [0.5, 0.6) is 5.88 Å². The van der Waals surface area contributed by atoms with Crippen molar-refractivity contribution in [3.63, 3.8) is 0 Å². The van der Waals surface area contributed by atoms with Gasteiger partial charge in [-0.05, 0) is 37.2 Å². The highest BCUT2D eigenvalue weighted by atomic mass is 16.5. The van der Waals surface area contributed by atoms with E-state index in [0.717, 1.165) is 17.7 Å². The zero-order valence-electron chi connectivity index (χ0n) is 21.7. The standard InChI is InChI=1S/C30H34N4O3/c1-22-18-34(23(2)21-35)30(36)27-15-25(12-7-11-24-9-5-4-6-10-24)17-32-29(27)37-28(22)20-33(3)19-26-13-8-14-31-16-26/h4-6,8-10,13-17,22-23,28,35H,11,18-21H2,1-3H3/t22-,23+,28+/m0/s1. The number of hydrogen-bond acceptors (Lipinski definition) is 6. The second-order valence-corrected chi connectivity index (χ2v) is 9.72. The summed E-state index contributed by atoms with van der Waals surface area (Å²) < 4.78 is 6.39. The molecule has 1 aliphatic rings.